The second kappa shape index (κ2) is 6.16. The van der Waals surface area contributed by atoms with Gasteiger partial charge in [-0.25, -0.2) is 9.97 Å². The lowest BCUT2D eigenvalue weighted by Gasteiger charge is -2.44. The van der Waals surface area contributed by atoms with Gasteiger partial charge in [0.15, 0.2) is 0 Å². The number of hydrogen-bond donors (Lipinski definition) is 2. The van der Waals surface area contributed by atoms with Gasteiger partial charge in [-0.05, 0) is 38.3 Å². The van der Waals surface area contributed by atoms with Gasteiger partial charge < -0.3 is 15.3 Å². The second-order valence-corrected chi connectivity index (χ2v) is 6.65. The van der Waals surface area contributed by atoms with Gasteiger partial charge >= 0.3 is 0 Å². The maximum atomic E-state index is 8.99. The number of nitrogens with zero attached hydrogens (tertiary/aromatic N) is 3. The van der Waals surface area contributed by atoms with E-state index in [4.69, 9.17) is 5.11 Å². The normalized spacial score (nSPS) is 16.1. The fourth-order valence-electron chi connectivity index (χ4n) is 3.19. The average Bonchev–Trinajstić information content (AvgIpc) is 2.50. The number of rotatable bonds is 4. The molecule has 1 aromatic carbocycles. The molecule has 2 N–H and O–H groups in total. The van der Waals surface area contributed by atoms with Gasteiger partial charge in [-0.3, -0.25) is 0 Å². The number of anilines is 2. The standard InChI is InChI=1S/C18H24N4O/c1-13-20-16(19-8-9-23)10-17(21-13)22-12-15-7-5-4-6-14(15)11-18(22,2)3/h4-7,10,23H,8-9,11-12H2,1-3H3,(H,19,20,21). The maximum Gasteiger partial charge on any atom is 0.135 e. The first-order chi connectivity index (χ1) is 11.0. The van der Waals surface area contributed by atoms with Gasteiger partial charge in [0.1, 0.15) is 17.5 Å². The van der Waals surface area contributed by atoms with Gasteiger partial charge in [0.2, 0.25) is 0 Å². The zero-order valence-corrected chi connectivity index (χ0v) is 14.0. The van der Waals surface area contributed by atoms with Crippen LogP contribution in [0.5, 0.6) is 0 Å². The average molecular weight is 312 g/mol. The number of aliphatic hydroxyl groups is 1. The van der Waals surface area contributed by atoms with Crippen molar-refractivity contribution in [1.82, 2.24) is 9.97 Å². The van der Waals surface area contributed by atoms with Crippen molar-refractivity contribution in [2.45, 2.75) is 39.3 Å². The first-order valence-corrected chi connectivity index (χ1v) is 8.04. The molecular formula is C18H24N4O. The van der Waals surface area contributed by atoms with Crippen LogP contribution in [-0.2, 0) is 13.0 Å². The molecule has 0 aliphatic carbocycles. The highest BCUT2D eigenvalue weighted by Crippen LogP contribution is 2.34. The number of nitrogens with one attached hydrogen (secondary N) is 1. The van der Waals surface area contributed by atoms with Crippen LogP contribution in [0, 0.1) is 6.92 Å². The smallest absolute Gasteiger partial charge is 0.135 e. The molecule has 23 heavy (non-hydrogen) atoms. The Morgan fingerprint density at radius 1 is 1.22 bits per heavy atom. The van der Waals surface area contributed by atoms with Gasteiger partial charge in [0, 0.05) is 24.7 Å². The fraction of sp³-hybridized carbons (Fsp3) is 0.444. The van der Waals surface area contributed by atoms with Crippen LogP contribution in [-0.4, -0.2) is 33.8 Å². The van der Waals surface area contributed by atoms with Gasteiger partial charge in [-0.15, -0.1) is 0 Å². The predicted molar refractivity (Wildman–Crippen MR) is 92.8 cm³/mol. The van der Waals surface area contributed by atoms with Crippen molar-refractivity contribution in [3.8, 4) is 0 Å². The van der Waals surface area contributed by atoms with Gasteiger partial charge in [0.25, 0.3) is 0 Å². The lowest BCUT2D eigenvalue weighted by molar-refractivity contribution is 0.311. The summed E-state index contributed by atoms with van der Waals surface area (Å²) in [5.41, 5.74) is 2.76. The topological polar surface area (TPSA) is 61.3 Å². The molecule has 1 aliphatic rings. The second-order valence-electron chi connectivity index (χ2n) is 6.65. The Labute approximate surface area is 137 Å². The highest BCUT2D eigenvalue weighted by molar-refractivity contribution is 5.53. The molecule has 0 fully saturated rings. The van der Waals surface area contributed by atoms with Crippen LogP contribution in [0.2, 0.25) is 0 Å². The first-order valence-electron chi connectivity index (χ1n) is 8.04. The minimum absolute atomic E-state index is 0.0105. The Morgan fingerprint density at radius 3 is 2.70 bits per heavy atom. The molecule has 1 aliphatic heterocycles. The van der Waals surface area contributed by atoms with Crippen molar-refractivity contribution in [2.24, 2.45) is 0 Å². The highest BCUT2D eigenvalue weighted by atomic mass is 16.3. The van der Waals surface area contributed by atoms with E-state index in [2.05, 4.69) is 58.3 Å². The molecular weight excluding hydrogens is 288 g/mol. The van der Waals surface area contributed by atoms with Crippen LogP contribution in [0.4, 0.5) is 11.6 Å². The van der Waals surface area contributed by atoms with Crippen LogP contribution in [0.15, 0.2) is 30.3 Å². The van der Waals surface area contributed by atoms with E-state index in [-0.39, 0.29) is 12.1 Å². The third-order valence-corrected chi connectivity index (χ3v) is 4.32. The third kappa shape index (κ3) is 3.29. The molecule has 5 heteroatoms. The number of aromatic nitrogens is 2. The zero-order valence-electron chi connectivity index (χ0n) is 14.0. The summed E-state index contributed by atoms with van der Waals surface area (Å²) < 4.78 is 0. The summed E-state index contributed by atoms with van der Waals surface area (Å²) in [5, 5.41) is 12.1. The molecule has 0 atom stereocenters. The predicted octanol–water partition coefficient (Wildman–Crippen LogP) is 2.53. The molecule has 0 radical (unpaired) electrons. The van der Waals surface area contributed by atoms with E-state index in [1.807, 2.05) is 13.0 Å². The van der Waals surface area contributed by atoms with Crippen molar-refractivity contribution in [3.63, 3.8) is 0 Å². The summed E-state index contributed by atoms with van der Waals surface area (Å²) in [6.45, 7) is 7.82. The largest absolute Gasteiger partial charge is 0.395 e. The first kappa shape index (κ1) is 15.7. The van der Waals surface area contributed by atoms with E-state index in [9.17, 15) is 0 Å². The van der Waals surface area contributed by atoms with E-state index >= 15 is 0 Å². The van der Waals surface area contributed by atoms with E-state index in [0.717, 1.165) is 30.4 Å². The van der Waals surface area contributed by atoms with Gasteiger partial charge in [0.05, 0.1) is 6.61 Å². The van der Waals surface area contributed by atoms with Crippen LogP contribution < -0.4 is 10.2 Å². The molecule has 5 nitrogen and oxygen atoms in total. The Hall–Kier alpha value is -2.14. The third-order valence-electron chi connectivity index (χ3n) is 4.32. The van der Waals surface area contributed by atoms with E-state index in [0.29, 0.717) is 6.54 Å². The summed E-state index contributed by atoms with van der Waals surface area (Å²) in [7, 11) is 0. The molecule has 3 rings (SSSR count). The minimum atomic E-state index is -0.0105. The van der Waals surface area contributed by atoms with E-state index in [1.165, 1.54) is 11.1 Å². The molecule has 0 spiro atoms. The van der Waals surface area contributed by atoms with Gasteiger partial charge in [-0.2, -0.15) is 0 Å². The summed E-state index contributed by atoms with van der Waals surface area (Å²) in [6.07, 6.45) is 0.992. The number of benzene rings is 1. The Kier molecular flexibility index (Phi) is 4.22. The van der Waals surface area contributed by atoms with Gasteiger partial charge in [-0.1, -0.05) is 24.3 Å². The van der Waals surface area contributed by atoms with Crippen molar-refractivity contribution < 1.29 is 5.11 Å². The zero-order chi connectivity index (χ0) is 16.4. The molecule has 0 amide bonds. The summed E-state index contributed by atoms with van der Waals surface area (Å²) >= 11 is 0. The summed E-state index contributed by atoms with van der Waals surface area (Å²) in [4.78, 5) is 11.4. The highest BCUT2D eigenvalue weighted by Gasteiger charge is 2.33. The van der Waals surface area contributed by atoms with Crippen molar-refractivity contribution in [1.29, 1.82) is 0 Å². The fourth-order valence-corrected chi connectivity index (χ4v) is 3.19. The number of aryl methyl sites for hydroxylation is 1. The lowest BCUT2D eigenvalue weighted by atomic mass is 9.85. The van der Waals surface area contributed by atoms with Crippen molar-refractivity contribution >= 4 is 11.6 Å². The SMILES string of the molecule is Cc1nc(NCCO)cc(N2Cc3ccccc3CC2(C)C)n1. The molecule has 0 saturated carbocycles. The molecule has 0 unspecified atom stereocenters. The van der Waals surface area contributed by atoms with Crippen molar-refractivity contribution in [2.75, 3.05) is 23.4 Å². The monoisotopic (exact) mass is 312 g/mol. The molecule has 2 heterocycles. The van der Waals surface area contributed by atoms with Crippen LogP contribution in [0.3, 0.4) is 0 Å². The van der Waals surface area contributed by atoms with Crippen molar-refractivity contribution in [3.05, 3.63) is 47.3 Å². The Morgan fingerprint density at radius 2 is 1.96 bits per heavy atom. The van der Waals surface area contributed by atoms with Crippen LogP contribution in [0.1, 0.15) is 30.8 Å². The molecule has 122 valence electrons. The molecule has 2 aromatic rings. The number of hydrogen-bond acceptors (Lipinski definition) is 5. The Bertz CT molecular complexity index is 699. The quantitative estimate of drug-likeness (QED) is 0.908. The summed E-state index contributed by atoms with van der Waals surface area (Å²) in [6, 6.07) is 10.6. The Balaban J connectivity index is 1.96. The van der Waals surface area contributed by atoms with E-state index in [1.54, 1.807) is 0 Å². The molecule has 0 saturated heterocycles. The minimum Gasteiger partial charge on any atom is -0.395 e. The summed E-state index contributed by atoms with van der Waals surface area (Å²) in [5.74, 6) is 2.42. The number of fused-ring (bicyclic) bond motifs is 1. The van der Waals surface area contributed by atoms with Crippen LogP contribution in [0.25, 0.3) is 0 Å². The molecule has 0 bridgehead atoms. The lowest BCUT2D eigenvalue weighted by Crippen LogP contribution is -2.49. The number of aliphatic hydroxyl groups excluding tert-OH is 1. The van der Waals surface area contributed by atoms with Crippen LogP contribution >= 0.6 is 0 Å². The maximum absolute atomic E-state index is 8.99. The van der Waals surface area contributed by atoms with E-state index < -0.39 is 0 Å². The molecule has 1 aromatic heterocycles.